The van der Waals surface area contributed by atoms with Crippen LogP contribution in [0.4, 0.5) is 0 Å². The summed E-state index contributed by atoms with van der Waals surface area (Å²) in [6.45, 7) is 1.19. The Balaban J connectivity index is 2.27. The number of aliphatic hydroxyl groups is 1. The first kappa shape index (κ1) is 11.2. The first-order valence-electron chi connectivity index (χ1n) is 5.05. The maximum Gasteiger partial charge on any atom is 0.194 e. The molecule has 0 aliphatic carbocycles. The predicted molar refractivity (Wildman–Crippen MR) is 54.2 cm³/mol. The third-order valence-corrected chi connectivity index (χ3v) is 2.01. The third kappa shape index (κ3) is 3.89. The summed E-state index contributed by atoms with van der Waals surface area (Å²) >= 11 is 0. The molecule has 0 aromatic carbocycles. The van der Waals surface area contributed by atoms with E-state index < -0.39 is 0 Å². The number of hydrogen-bond acceptors (Lipinski definition) is 4. The minimum atomic E-state index is 0.192. The average molecular weight is 198 g/mol. The lowest BCUT2D eigenvalue weighted by atomic mass is 10.2. The van der Waals surface area contributed by atoms with Crippen LogP contribution in [0.5, 0.6) is 0 Å². The quantitative estimate of drug-likeness (QED) is 0.635. The van der Waals surface area contributed by atoms with Crippen LogP contribution in [0.15, 0.2) is 10.7 Å². The molecule has 1 aromatic rings. The van der Waals surface area contributed by atoms with Crippen molar-refractivity contribution in [2.24, 2.45) is 0 Å². The van der Waals surface area contributed by atoms with Gasteiger partial charge in [-0.2, -0.15) is 0 Å². The summed E-state index contributed by atoms with van der Waals surface area (Å²) in [7, 11) is 1.94. The van der Waals surface area contributed by atoms with E-state index in [-0.39, 0.29) is 6.61 Å². The van der Waals surface area contributed by atoms with Crippen LogP contribution < -0.4 is 5.32 Å². The number of aromatic nitrogens is 1. The SMILES string of the molecule is CNCCCc1coc(CCCO)n1. The highest BCUT2D eigenvalue weighted by Gasteiger charge is 2.02. The molecule has 1 aromatic heterocycles. The van der Waals surface area contributed by atoms with E-state index in [0.717, 1.165) is 43.8 Å². The van der Waals surface area contributed by atoms with Gasteiger partial charge >= 0.3 is 0 Å². The van der Waals surface area contributed by atoms with E-state index in [9.17, 15) is 0 Å². The van der Waals surface area contributed by atoms with Crippen LogP contribution in [0.25, 0.3) is 0 Å². The van der Waals surface area contributed by atoms with E-state index in [1.54, 1.807) is 6.26 Å². The summed E-state index contributed by atoms with van der Waals surface area (Å²) in [5, 5.41) is 11.7. The largest absolute Gasteiger partial charge is 0.449 e. The summed E-state index contributed by atoms with van der Waals surface area (Å²) in [6.07, 6.45) is 5.17. The molecule has 0 atom stereocenters. The molecule has 0 fully saturated rings. The second-order valence-corrected chi connectivity index (χ2v) is 3.27. The number of nitrogens with one attached hydrogen (secondary N) is 1. The van der Waals surface area contributed by atoms with E-state index in [0.29, 0.717) is 0 Å². The summed E-state index contributed by atoms with van der Waals surface area (Å²) < 4.78 is 5.25. The summed E-state index contributed by atoms with van der Waals surface area (Å²) in [5.41, 5.74) is 1.01. The van der Waals surface area contributed by atoms with Crippen molar-refractivity contribution in [2.45, 2.75) is 25.7 Å². The van der Waals surface area contributed by atoms with Crippen molar-refractivity contribution in [3.63, 3.8) is 0 Å². The molecule has 0 unspecified atom stereocenters. The highest BCUT2D eigenvalue weighted by Crippen LogP contribution is 2.06. The van der Waals surface area contributed by atoms with Crippen LogP contribution >= 0.6 is 0 Å². The van der Waals surface area contributed by atoms with Crippen molar-refractivity contribution < 1.29 is 9.52 Å². The Kier molecular flexibility index (Phi) is 5.25. The van der Waals surface area contributed by atoms with Gasteiger partial charge in [-0.25, -0.2) is 4.98 Å². The Morgan fingerprint density at radius 2 is 2.29 bits per heavy atom. The molecule has 0 saturated carbocycles. The topological polar surface area (TPSA) is 58.3 Å². The van der Waals surface area contributed by atoms with Crippen molar-refractivity contribution in [3.8, 4) is 0 Å². The van der Waals surface area contributed by atoms with Gasteiger partial charge in [-0.15, -0.1) is 0 Å². The normalized spacial score (nSPS) is 10.7. The van der Waals surface area contributed by atoms with Crippen LogP contribution in [-0.2, 0) is 12.8 Å². The molecule has 0 spiro atoms. The van der Waals surface area contributed by atoms with Crippen molar-refractivity contribution in [2.75, 3.05) is 20.2 Å². The molecular formula is C10H18N2O2. The zero-order valence-corrected chi connectivity index (χ0v) is 8.62. The van der Waals surface area contributed by atoms with Crippen molar-refractivity contribution in [1.29, 1.82) is 0 Å². The van der Waals surface area contributed by atoms with Crippen LogP contribution in [-0.4, -0.2) is 30.3 Å². The Labute approximate surface area is 84.3 Å². The maximum absolute atomic E-state index is 8.63. The number of hydrogen-bond donors (Lipinski definition) is 2. The van der Waals surface area contributed by atoms with Crippen LogP contribution in [0.1, 0.15) is 24.4 Å². The molecule has 0 aliphatic heterocycles. The monoisotopic (exact) mass is 198 g/mol. The second-order valence-electron chi connectivity index (χ2n) is 3.27. The molecule has 0 bridgehead atoms. The van der Waals surface area contributed by atoms with Gasteiger partial charge in [0.2, 0.25) is 0 Å². The minimum Gasteiger partial charge on any atom is -0.449 e. The number of nitrogens with zero attached hydrogens (tertiary/aromatic N) is 1. The zero-order valence-electron chi connectivity index (χ0n) is 8.62. The molecule has 1 rings (SSSR count). The van der Waals surface area contributed by atoms with Gasteiger partial charge in [-0.05, 0) is 32.9 Å². The molecule has 0 saturated heterocycles. The molecule has 4 heteroatoms. The lowest BCUT2D eigenvalue weighted by Gasteiger charge is -1.94. The Morgan fingerprint density at radius 1 is 1.43 bits per heavy atom. The summed E-state index contributed by atoms with van der Waals surface area (Å²) in [4.78, 5) is 4.31. The fraction of sp³-hybridized carbons (Fsp3) is 0.700. The fourth-order valence-corrected chi connectivity index (χ4v) is 1.26. The lowest BCUT2D eigenvalue weighted by Crippen LogP contribution is -2.08. The highest BCUT2D eigenvalue weighted by molar-refractivity contribution is 4.96. The van der Waals surface area contributed by atoms with Gasteiger partial charge in [0.15, 0.2) is 5.89 Å². The third-order valence-electron chi connectivity index (χ3n) is 2.01. The lowest BCUT2D eigenvalue weighted by molar-refractivity contribution is 0.283. The number of oxazole rings is 1. The predicted octanol–water partition coefficient (Wildman–Crippen LogP) is 0.751. The van der Waals surface area contributed by atoms with Gasteiger partial charge in [-0.3, -0.25) is 0 Å². The molecule has 0 radical (unpaired) electrons. The van der Waals surface area contributed by atoms with Crippen molar-refractivity contribution >= 4 is 0 Å². The van der Waals surface area contributed by atoms with Crippen LogP contribution in [0.2, 0.25) is 0 Å². The standard InChI is InChI=1S/C10H18N2O2/c1-11-6-2-4-9-8-14-10(12-9)5-3-7-13/h8,11,13H,2-7H2,1H3. The van der Waals surface area contributed by atoms with E-state index in [1.807, 2.05) is 7.05 Å². The minimum absolute atomic E-state index is 0.192. The number of aliphatic hydroxyl groups excluding tert-OH is 1. The average Bonchev–Trinajstić information content (AvgIpc) is 2.63. The van der Waals surface area contributed by atoms with Gasteiger partial charge in [0.25, 0.3) is 0 Å². The van der Waals surface area contributed by atoms with Gasteiger partial charge < -0.3 is 14.8 Å². The van der Waals surface area contributed by atoms with Gasteiger partial charge in [0, 0.05) is 13.0 Å². The molecule has 4 nitrogen and oxygen atoms in total. The molecule has 2 N–H and O–H groups in total. The van der Waals surface area contributed by atoms with E-state index in [2.05, 4.69) is 10.3 Å². The summed E-state index contributed by atoms with van der Waals surface area (Å²) in [5.74, 6) is 0.735. The van der Waals surface area contributed by atoms with Crippen LogP contribution in [0.3, 0.4) is 0 Å². The smallest absolute Gasteiger partial charge is 0.194 e. The van der Waals surface area contributed by atoms with Crippen molar-refractivity contribution in [3.05, 3.63) is 17.8 Å². The van der Waals surface area contributed by atoms with Gasteiger partial charge in [-0.1, -0.05) is 0 Å². The van der Waals surface area contributed by atoms with Gasteiger partial charge in [0.05, 0.1) is 5.69 Å². The second kappa shape index (κ2) is 6.56. The summed E-state index contributed by atoms with van der Waals surface area (Å²) in [6, 6.07) is 0. The Morgan fingerprint density at radius 3 is 3.00 bits per heavy atom. The molecule has 0 amide bonds. The molecule has 14 heavy (non-hydrogen) atoms. The first-order chi connectivity index (χ1) is 6.86. The van der Waals surface area contributed by atoms with Crippen LogP contribution in [0, 0.1) is 0 Å². The first-order valence-corrected chi connectivity index (χ1v) is 5.05. The fourth-order valence-electron chi connectivity index (χ4n) is 1.26. The van der Waals surface area contributed by atoms with Crippen molar-refractivity contribution in [1.82, 2.24) is 10.3 Å². The molecule has 80 valence electrons. The van der Waals surface area contributed by atoms with E-state index >= 15 is 0 Å². The molecule has 0 aliphatic rings. The zero-order chi connectivity index (χ0) is 10.2. The van der Waals surface area contributed by atoms with Gasteiger partial charge in [0.1, 0.15) is 6.26 Å². The number of rotatable bonds is 7. The maximum atomic E-state index is 8.63. The Hall–Kier alpha value is -0.870. The molecular weight excluding hydrogens is 180 g/mol. The Bertz CT molecular complexity index is 248. The highest BCUT2D eigenvalue weighted by atomic mass is 16.3. The van der Waals surface area contributed by atoms with E-state index in [4.69, 9.17) is 9.52 Å². The number of aryl methyl sites for hydroxylation is 2. The van der Waals surface area contributed by atoms with E-state index in [1.165, 1.54) is 0 Å². The molecule has 1 heterocycles.